The summed E-state index contributed by atoms with van der Waals surface area (Å²) in [5.74, 6) is 0.296. The normalized spacial score (nSPS) is 29.3. The van der Waals surface area contributed by atoms with Crippen molar-refractivity contribution in [3.8, 4) is 0 Å². The minimum Gasteiger partial charge on any atom is -0.396 e. The first-order valence-electron chi connectivity index (χ1n) is 7.00. The third-order valence-electron chi connectivity index (χ3n) is 5.35. The standard InChI is InChI=1S/C14H27NO2/c1-11(2)13(3,10-16)14(17)6-8-15(9-7-14)12-4-5-12/h11-12,16-17H,4-10H2,1-3H3. The third-order valence-corrected chi connectivity index (χ3v) is 5.35. The van der Waals surface area contributed by atoms with E-state index in [0.717, 1.165) is 32.0 Å². The van der Waals surface area contributed by atoms with Crippen LogP contribution in [0.25, 0.3) is 0 Å². The van der Waals surface area contributed by atoms with Gasteiger partial charge in [0.25, 0.3) is 0 Å². The van der Waals surface area contributed by atoms with Crippen molar-refractivity contribution < 1.29 is 10.2 Å². The van der Waals surface area contributed by atoms with Gasteiger partial charge in [-0.05, 0) is 31.6 Å². The lowest BCUT2D eigenvalue weighted by atomic mass is 9.63. The molecule has 1 aliphatic carbocycles. The molecule has 2 rings (SSSR count). The molecule has 2 aliphatic rings. The fourth-order valence-corrected chi connectivity index (χ4v) is 3.14. The van der Waals surface area contributed by atoms with E-state index in [0.29, 0.717) is 5.92 Å². The molecular weight excluding hydrogens is 214 g/mol. The molecule has 3 heteroatoms. The van der Waals surface area contributed by atoms with E-state index in [1.807, 2.05) is 6.92 Å². The van der Waals surface area contributed by atoms with Gasteiger partial charge in [0.2, 0.25) is 0 Å². The zero-order valence-electron chi connectivity index (χ0n) is 11.4. The Morgan fingerprint density at radius 3 is 2.18 bits per heavy atom. The lowest BCUT2D eigenvalue weighted by Gasteiger charge is -2.51. The summed E-state index contributed by atoms with van der Waals surface area (Å²) in [6.45, 7) is 8.28. The maximum Gasteiger partial charge on any atom is 0.0749 e. The first-order chi connectivity index (χ1) is 7.93. The first-order valence-corrected chi connectivity index (χ1v) is 7.00. The van der Waals surface area contributed by atoms with Crippen LogP contribution in [-0.4, -0.2) is 46.5 Å². The number of hydrogen-bond donors (Lipinski definition) is 2. The van der Waals surface area contributed by atoms with Crippen LogP contribution < -0.4 is 0 Å². The average Bonchev–Trinajstić information content (AvgIpc) is 3.12. The van der Waals surface area contributed by atoms with E-state index >= 15 is 0 Å². The molecule has 1 unspecified atom stereocenters. The zero-order chi connectivity index (χ0) is 12.7. The SMILES string of the molecule is CC(C)C(C)(CO)C1(O)CCN(C2CC2)CC1. The summed E-state index contributed by atoms with van der Waals surface area (Å²) in [4.78, 5) is 2.51. The highest BCUT2D eigenvalue weighted by molar-refractivity contribution is 5.02. The minimum atomic E-state index is -0.693. The van der Waals surface area contributed by atoms with Crippen LogP contribution in [-0.2, 0) is 0 Å². The molecule has 0 aromatic rings. The van der Waals surface area contributed by atoms with Crippen molar-refractivity contribution in [3.63, 3.8) is 0 Å². The van der Waals surface area contributed by atoms with Crippen LogP contribution in [0.5, 0.6) is 0 Å². The summed E-state index contributed by atoms with van der Waals surface area (Å²) < 4.78 is 0. The lowest BCUT2D eigenvalue weighted by molar-refractivity contribution is -0.152. The predicted molar refractivity (Wildman–Crippen MR) is 68.8 cm³/mol. The van der Waals surface area contributed by atoms with Gasteiger partial charge in [-0.2, -0.15) is 0 Å². The Labute approximate surface area is 105 Å². The van der Waals surface area contributed by atoms with Gasteiger partial charge in [-0.3, -0.25) is 0 Å². The molecule has 2 fully saturated rings. The van der Waals surface area contributed by atoms with Crippen molar-refractivity contribution in [1.29, 1.82) is 0 Å². The molecule has 1 saturated heterocycles. The molecule has 0 spiro atoms. The second-order valence-corrected chi connectivity index (χ2v) is 6.53. The second kappa shape index (κ2) is 4.52. The van der Waals surface area contributed by atoms with E-state index in [1.165, 1.54) is 12.8 Å². The van der Waals surface area contributed by atoms with Gasteiger partial charge in [0.1, 0.15) is 0 Å². The van der Waals surface area contributed by atoms with Gasteiger partial charge in [-0.1, -0.05) is 20.8 Å². The van der Waals surface area contributed by atoms with Gasteiger partial charge in [0, 0.05) is 24.5 Å². The lowest BCUT2D eigenvalue weighted by Crippen LogP contribution is -2.57. The monoisotopic (exact) mass is 241 g/mol. The van der Waals surface area contributed by atoms with E-state index < -0.39 is 5.60 Å². The molecule has 0 aromatic heterocycles. The van der Waals surface area contributed by atoms with E-state index in [-0.39, 0.29) is 12.0 Å². The van der Waals surface area contributed by atoms with Crippen molar-refractivity contribution in [2.75, 3.05) is 19.7 Å². The smallest absolute Gasteiger partial charge is 0.0749 e. The van der Waals surface area contributed by atoms with Crippen LogP contribution in [0.4, 0.5) is 0 Å². The summed E-state index contributed by atoms with van der Waals surface area (Å²) in [6, 6.07) is 0.791. The van der Waals surface area contributed by atoms with E-state index in [9.17, 15) is 10.2 Å². The summed E-state index contributed by atoms with van der Waals surface area (Å²) in [6.07, 6.45) is 4.28. The van der Waals surface area contributed by atoms with Crippen LogP contribution in [0.2, 0.25) is 0 Å². The van der Waals surface area contributed by atoms with E-state index in [4.69, 9.17) is 0 Å². The number of likely N-dealkylation sites (tertiary alicyclic amines) is 1. The molecule has 1 heterocycles. The summed E-state index contributed by atoms with van der Waals surface area (Å²) in [5, 5.41) is 20.6. The number of rotatable bonds is 4. The van der Waals surface area contributed by atoms with Crippen molar-refractivity contribution in [2.24, 2.45) is 11.3 Å². The molecule has 2 N–H and O–H groups in total. The molecular formula is C14H27NO2. The zero-order valence-corrected chi connectivity index (χ0v) is 11.4. The van der Waals surface area contributed by atoms with Crippen LogP contribution in [0.1, 0.15) is 46.5 Å². The molecule has 1 atom stereocenters. The number of piperidine rings is 1. The van der Waals surface area contributed by atoms with Crippen molar-refractivity contribution in [1.82, 2.24) is 4.90 Å². The fourth-order valence-electron chi connectivity index (χ4n) is 3.14. The number of nitrogens with zero attached hydrogens (tertiary/aromatic N) is 1. The number of aliphatic hydroxyl groups is 2. The maximum atomic E-state index is 10.9. The third kappa shape index (κ3) is 2.25. The van der Waals surface area contributed by atoms with Gasteiger partial charge in [0.15, 0.2) is 0 Å². The molecule has 0 amide bonds. The molecule has 1 aliphatic heterocycles. The Morgan fingerprint density at radius 1 is 1.29 bits per heavy atom. The van der Waals surface area contributed by atoms with Crippen molar-refractivity contribution >= 4 is 0 Å². The van der Waals surface area contributed by atoms with E-state index in [2.05, 4.69) is 18.7 Å². The van der Waals surface area contributed by atoms with Gasteiger partial charge in [0.05, 0.1) is 12.2 Å². The largest absolute Gasteiger partial charge is 0.396 e. The summed E-state index contributed by atoms with van der Waals surface area (Å²) in [7, 11) is 0. The van der Waals surface area contributed by atoms with Gasteiger partial charge < -0.3 is 15.1 Å². The first kappa shape index (κ1) is 13.3. The van der Waals surface area contributed by atoms with Gasteiger partial charge >= 0.3 is 0 Å². The van der Waals surface area contributed by atoms with Crippen molar-refractivity contribution in [3.05, 3.63) is 0 Å². The Bertz CT molecular complexity index is 267. The maximum absolute atomic E-state index is 10.9. The number of aliphatic hydroxyl groups excluding tert-OH is 1. The highest BCUT2D eigenvalue weighted by atomic mass is 16.3. The molecule has 0 aromatic carbocycles. The molecule has 17 heavy (non-hydrogen) atoms. The second-order valence-electron chi connectivity index (χ2n) is 6.53. The summed E-state index contributed by atoms with van der Waals surface area (Å²) >= 11 is 0. The predicted octanol–water partition coefficient (Wildman–Crippen LogP) is 1.63. The van der Waals surface area contributed by atoms with Gasteiger partial charge in [-0.15, -0.1) is 0 Å². The van der Waals surface area contributed by atoms with Crippen LogP contribution in [0, 0.1) is 11.3 Å². The minimum absolute atomic E-state index is 0.0740. The molecule has 0 radical (unpaired) electrons. The Kier molecular flexibility index (Phi) is 3.54. The number of hydrogen-bond acceptors (Lipinski definition) is 3. The van der Waals surface area contributed by atoms with Crippen LogP contribution in [0.3, 0.4) is 0 Å². The fraction of sp³-hybridized carbons (Fsp3) is 1.00. The molecule has 100 valence electrons. The summed E-state index contributed by atoms with van der Waals surface area (Å²) in [5.41, 5.74) is -1.07. The Hall–Kier alpha value is -0.120. The molecule has 3 nitrogen and oxygen atoms in total. The van der Waals surface area contributed by atoms with Gasteiger partial charge in [-0.25, -0.2) is 0 Å². The van der Waals surface area contributed by atoms with Crippen molar-refractivity contribution in [2.45, 2.75) is 58.1 Å². The Morgan fingerprint density at radius 2 is 1.82 bits per heavy atom. The Balaban J connectivity index is 2.04. The molecule has 0 bridgehead atoms. The van der Waals surface area contributed by atoms with Crippen LogP contribution in [0.15, 0.2) is 0 Å². The highest BCUT2D eigenvalue weighted by Gasteiger charge is 2.50. The van der Waals surface area contributed by atoms with E-state index in [1.54, 1.807) is 0 Å². The van der Waals surface area contributed by atoms with Crippen LogP contribution >= 0.6 is 0 Å². The topological polar surface area (TPSA) is 43.7 Å². The average molecular weight is 241 g/mol. The quantitative estimate of drug-likeness (QED) is 0.786. The molecule has 1 saturated carbocycles. The highest BCUT2D eigenvalue weighted by Crippen LogP contribution is 2.45.